The van der Waals surface area contributed by atoms with Crippen molar-refractivity contribution < 1.29 is 29.3 Å². The van der Waals surface area contributed by atoms with Crippen molar-refractivity contribution in [3.8, 4) is 11.5 Å². The van der Waals surface area contributed by atoms with Crippen LogP contribution in [0.15, 0.2) is 21.7 Å². The van der Waals surface area contributed by atoms with Gasteiger partial charge in [0, 0.05) is 0 Å². The summed E-state index contributed by atoms with van der Waals surface area (Å²) in [6.45, 7) is -1.03. The highest BCUT2D eigenvalue weighted by molar-refractivity contribution is 9.10. The van der Waals surface area contributed by atoms with Crippen LogP contribution in [0, 0.1) is 0 Å². The Morgan fingerprint density at radius 3 is 2.27 bits per heavy atom. The zero-order chi connectivity index (χ0) is 16.7. The first-order valence-corrected chi connectivity index (χ1v) is 6.80. The van der Waals surface area contributed by atoms with Crippen LogP contribution in [0.3, 0.4) is 0 Å². The van der Waals surface area contributed by atoms with Crippen molar-refractivity contribution in [2.75, 3.05) is 27.3 Å². The number of carboxylic acid groups (broad SMARTS) is 2. The molecule has 120 valence electrons. The van der Waals surface area contributed by atoms with Gasteiger partial charge in [0.05, 0.1) is 24.9 Å². The lowest BCUT2D eigenvalue weighted by Crippen LogP contribution is -2.30. The lowest BCUT2D eigenvalue weighted by atomic mass is 10.2. The molecule has 0 aliphatic heterocycles. The van der Waals surface area contributed by atoms with Gasteiger partial charge in [-0.05, 0) is 33.6 Å². The van der Waals surface area contributed by atoms with E-state index >= 15 is 0 Å². The minimum absolute atomic E-state index is 0.460. The summed E-state index contributed by atoms with van der Waals surface area (Å²) >= 11 is 3.32. The van der Waals surface area contributed by atoms with Gasteiger partial charge >= 0.3 is 11.9 Å². The summed E-state index contributed by atoms with van der Waals surface area (Å²) < 4.78 is 11.0. The van der Waals surface area contributed by atoms with Crippen molar-refractivity contribution in [2.45, 2.75) is 0 Å². The number of carboxylic acids is 2. The molecule has 0 saturated carbocycles. The van der Waals surface area contributed by atoms with E-state index < -0.39 is 25.0 Å². The van der Waals surface area contributed by atoms with Crippen molar-refractivity contribution in [1.29, 1.82) is 0 Å². The average Bonchev–Trinajstić information content (AvgIpc) is 2.42. The topological polar surface area (TPSA) is 109 Å². The van der Waals surface area contributed by atoms with Crippen LogP contribution < -0.4 is 9.47 Å². The van der Waals surface area contributed by atoms with Crippen molar-refractivity contribution in [3.63, 3.8) is 0 Å². The van der Waals surface area contributed by atoms with Gasteiger partial charge in [-0.25, -0.2) is 0 Å². The molecule has 0 aromatic heterocycles. The van der Waals surface area contributed by atoms with Gasteiger partial charge in [-0.2, -0.15) is 5.10 Å². The first-order valence-electron chi connectivity index (χ1n) is 6.01. The first kappa shape index (κ1) is 17.8. The molecule has 0 fully saturated rings. The van der Waals surface area contributed by atoms with Gasteiger partial charge in [0.2, 0.25) is 0 Å². The second-order valence-electron chi connectivity index (χ2n) is 4.09. The number of hydrogen-bond acceptors (Lipinski definition) is 6. The molecule has 0 aliphatic rings. The van der Waals surface area contributed by atoms with Crippen molar-refractivity contribution in [1.82, 2.24) is 5.01 Å². The Labute approximate surface area is 135 Å². The standard InChI is InChI=1S/C13H15BrN2O6/c1-21-10-4-8(3-9(14)13(10)22-2)5-15-16(6-11(17)18)7-12(19)20/h3-5H,6-7H2,1-2H3,(H,17,18)(H,19,20)/b15-5-. The molecule has 9 heteroatoms. The molecule has 0 radical (unpaired) electrons. The zero-order valence-corrected chi connectivity index (χ0v) is 13.5. The summed E-state index contributed by atoms with van der Waals surface area (Å²) in [6.07, 6.45) is 1.35. The Morgan fingerprint density at radius 1 is 1.23 bits per heavy atom. The number of nitrogens with zero attached hydrogens (tertiary/aromatic N) is 2. The average molecular weight is 375 g/mol. The van der Waals surface area contributed by atoms with E-state index in [1.807, 2.05) is 0 Å². The van der Waals surface area contributed by atoms with Gasteiger partial charge in [-0.15, -0.1) is 0 Å². The predicted octanol–water partition coefficient (Wildman–Crippen LogP) is 1.27. The molecule has 0 amide bonds. The molecule has 0 bridgehead atoms. The molecule has 2 N–H and O–H groups in total. The monoisotopic (exact) mass is 374 g/mol. The van der Waals surface area contributed by atoms with Crippen LogP contribution in [0.25, 0.3) is 0 Å². The molecule has 0 heterocycles. The third-order valence-electron chi connectivity index (χ3n) is 2.46. The van der Waals surface area contributed by atoms with Crippen molar-refractivity contribution in [2.24, 2.45) is 5.10 Å². The number of methoxy groups -OCH3 is 2. The fourth-order valence-electron chi connectivity index (χ4n) is 1.61. The summed E-state index contributed by atoms with van der Waals surface area (Å²) in [4.78, 5) is 21.4. The number of hydrogen-bond donors (Lipinski definition) is 2. The van der Waals surface area contributed by atoms with Gasteiger partial charge in [0.15, 0.2) is 11.5 Å². The van der Waals surface area contributed by atoms with E-state index in [1.54, 1.807) is 12.1 Å². The number of carbonyl (C=O) groups is 2. The van der Waals surface area contributed by atoms with Crippen LogP contribution in [-0.4, -0.2) is 60.7 Å². The third kappa shape index (κ3) is 5.24. The van der Waals surface area contributed by atoms with Gasteiger partial charge in [0.25, 0.3) is 0 Å². The Hall–Kier alpha value is -2.29. The molecule has 0 atom stereocenters. The van der Waals surface area contributed by atoms with Gasteiger partial charge in [-0.3, -0.25) is 14.6 Å². The summed E-state index contributed by atoms with van der Waals surface area (Å²) in [6, 6.07) is 3.32. The Bertz CT molecular complexity index is 574. The van der Waals surface area contributed by atoms with Crippen LogP contribution in [0.4, 0.5) is 0 Å². The lowest BCUT2D eigenvalue weighted by Gasteiger charge is -2.14. The highest BCUT2D eigenvalue weighted by Gasteiger charge is 2.12. The largest absolute Gasteiger partial charge is 0.493 e. The quantitative estimate of drug-likeness (QED) is 0.520. The Balaban J connectivity index is 3.01. The number of rotatable bonds is 8. The van der Waals surface area contributed by atoms with E-state index in [2.05, 4.69) is 21.0 Å². The fraction of sp³-hybridized carbons (Fsp3) is 0.308. The number of ether oxygens (including phenoxy) is 2. The number of hydrazone groups is 1. The summed E-state index contributed by atoms with van der Waals surface area (Å²) in [5, 5.41) is 22.3. The van der Waals surface area contributed by atoms with Crippen LogP contribution in [0.1, 0.15) is 5.56 Å². The minimum Gasteiger partial charge on any atom is -0.493 e. The van der Waals surface area contributed by atoms with Crippen LogP contribution in [-0.2, 0) is 9.59 Å². The van der Waals surface area contributed by atoms with Gasteiger partial charge in [0.1, 0.15) is 13.1 Å². The highest BCUT2D eigenvalue weighted by atomic mass is 79.9. The minimum atomic E-state index is -1.17. The summed E-state index contributed by atoms with van der Waals surface area (Å²) in [7, 11) is 2.98. The molecule has 1 aromatic carbocycles. The van der Waals surface area contributed by atoms with E-state index in [9.17, 15) is 9.59 Å². The molecular weight excluding hydrogens is 360 g/mol. The Kier molecular flexibility index (Phi) is 6.64. The molecule has 8 nitrogen and oxygen atoms in total. The highest BCUT2D eigenvalue weighted by Crippen LogP contribution is 2.35. The number of halogens is 1. The third-order valence-corrected chi connectivity index (χ3v) is 3.05. The lowest BCUT2D eigenvalue weighted by molar-refractivity contribution is -0.141. The molecule has 0 spiro atoms. The zero-order valence-electron chi connectivity index (χ0n) is 11.9. The fourth-order valence-corrected chi connectivity index (χ4v) is 2.23. The van der Waals surface area contributed by atoms with E-state index in [0.717, 1.165) is 5.01 Å². The van der Waals surface area contributed by atoms with Crippen LogP contribution >= 0.6 is 15.9 Å². The van der Waals surface area contributed by atoms with E-state index in [0.29, 0.717) is 21.5 Å². The van der Waals surface area contributed by atoms with E-state index in [1.165, 1.54) is 20.4 Å². The second-order valence-corrected chi connectivity index (χ2v) is 4.95. The van der Waals surface area contributed by atoms with Gasteiger partial charge < -0.3 is 19.7 Å². The number of benzene rings is 1. The van der Waals surface area contributed by atoms with Crippen LogP contribution in [0.2, 0.25) is 0 Å². The summed E-state index contributed by atoms with van der Waals surface area (Å²) in [5.41, 5.74) is 0.588. The molecular formula is C13H15BrN2O6. The molecule has 0 aliphatic carbocycles. The van der Waals surface area contributed by atoms with Gasteiger partial charge in [-0.1, -0.05) is 0 Å². The molecule has 22 heavy (non-hydrogen) atoms. The van der Waals surface area contributed by atoms with Crippen molar-refractivity contribution >= 4 is 34.1 Å². The second kappa shape index (κ2) is 8.23. The SMILES string of the molecule is COc1cc(/C=N\N(CC(=O)O)CC(=O)O)cc(Br)c1OC. The smallest absolute Gasteiger partial charge is 0.324 e. The van der Waals surface area contributed by atoms with Crippen molar-refractivity contribution in [3.05, 3.63) is 22.2 Å². The Morgan fingerprint density at radius 2 is 1.82 bits per heavy atom. The number of aliphatic carboxylic acids is 2. The van der Waals surface area contributed by atoms with Crippen LogP contribution in [0.5, 0.6) is 11.5 Å². The maximum atomic E-state index is 10.7. The summed E-state index contributed by atoms with van der Waals surface area (Å²) in [5.74, 6) is -1.38. The van der Waals surface area contributed by atoms with E-state index in [-0.39, 0.29) is 0 Å². The van der Waals surface area contributed by atoms with E-state index in [4.69, 9.17) is 19.7 Å². The first-order chi connectivity index (χ1) is 10.4. The predicted molar refractivity (Wildman–Crippen MR) is 81.7 cm³/mol. The maximum absolute atomic E-state index is 10.7. The molecule has 0 saturated heterocycles. The molecule has 0 unspecified atom stereocenters. The maximum Gasteiger partial charge on any atom is 0.324 e. The molecule has 1 rings (SSSR count). The molecule has 1 aromatic rings. The normalized spacial score (nSPS) is 10.5.